The Morgan fingerprint density at radius 2 is 1.86 bits per heavy atom. The van der Waals surface area contributed by atoms with E-state index < -0.39 is 22.0 Å². The molecule has 2 aromatic carbocycles. The summed E-state index contributed by atoms with van der Waals surface area (Å²) in [4.78, 5) is 31.0. The highest BCUT2D eigenvalue weighted by atomic mass is 32.2. The van der Waals surface area contributed by atoms with Crippen LogP contribution in [-0.2, 0) is 32.5 Å². The summed E-state index contributed by atoms with van der Waals surface area (Å²) in [5.74, 6) is -0.245. The van der Waals surface area contributed by atoms with Crippen molar-refractivity contribution in [3.8, 4) is 0 Å². The SMILES string of the molecule is CC(=O)N1c2ccc(S(=O)(=O)NC(Cc3ccccc3)C(=O)Nc3cc(C)ccn3)cc2CC1C. The van der Waals surface area contributed by atoms with Crippen LogP contribution in [0.15, 0.2) is 71.8 Å². The molecule has 1 aliphatic rings. The first-order valence-electron chi connectivity index (χ1n) is 11.4. The second-order valence-electron chi connectivity index (χ2n) is 8.80. The molecule has 3 aromatic rings. The quantitative estimate of drug-likeness (QED) is 0.527. The number of fused-ring (bicyclic) bond motifs is 1. The van der Waals surface area contributed by atoms with Crippen LogP contribution in [0, 0.1) is 6.92 Å². The fraction of sp³-hybridized carbons (Fsp3) is 0.269. The van der Waals surface area contributed by atoms with E-state index in [0.29, 0.717) is 17.9 Å². The molecule has 1 aromatic heterocycles. The molecule has 4 rings (SSSR count). The number of nitrogens with one attached hydrogen (secondary N) is 2. The summed E-state index contributed by atoms with van der Waals surface area (Å²) in [6, 6.07) is 16.3. The van der Waals surface area contributed by atoms with E-state index in [2.05, 4.69) is 15.0 Å². The highest BCUT2D eigenvalue weighted by Crippen LogP contribution is 2.34. The Morgan fingerprint density at radius 3 is 2.54 bits per heavy atom. The number of sulfonamides is 1. The molecule has 0 fully saturated rings. The van der Waals surface area contributed by atoms with E-state index in [1.807, 2.05) is 50.2 Å². The maximum Gasteiger partial charge on any atom is 0.244 e. The normalized spacial score (nSPS) is 16.0. The fourth-order valence-electron chi connectivity index (χ4n) is 4.37. The van der Waals surface area contributed by atoms with Crippen LogP contribution in [0.1, 0.15) is 30.5 Å². The molecule has 0 spiro atoms. The average molecular weight is 493 g/mol. The van der Waals surface area contributed by atoms with Crippen molar-refractivity contribution in [2.75, 3.05) is 10.2 Å². The molecule has 0 aliphatic carbocycles. The average Bonchev–Trinajstić information content (AvgIpc) is 3.14. The number of aryl methyl sites for hydroxylation is 1. The Hall–Kier alpha value is -3.56. The molecule has 182 valence electrons. The largest absolute Gasteiger partial charge is 0.309 e. The minimum Gasteiger partial charge on any atom is -0.309 e. The van der Waals surface area contributed by atoms with Crippen LogP contribution in [0.2, 0.25) is 0 Å². The van der Waals surface area contributed by atoms with Crippen molar-refractivity contribution < 1.29 is 18.0 Å². The third-order valence-electron chi connectivity index (χ3n) is 5.98. The number of anilines is 2. The van der Waals surface area contributed by atoms with E-state index in [9.17, 15) is 18.0 Å². The Labute approximate surface area is 205 Å². The minimum absolute atomic E-state index is 0.0492. The number of carbonyl (C=O) groups excluding carboxylic acids is 2. The molecule has 0 saturated heterocycles. The third-order valence-corrected chi connectivity index (χ3v) is 7.45. The van der Waals surface area contributed by atoms with E-state index in [1.54, 1.807) is 29.3 Å². The molecule has 35 heavy (non-hydrogen) atoms. The van der Waals surface area contributed by atoms with E-state index in [0.717, 1.165) is 16.7 Å². The van der Waals surface area contributed by atoms with Crippen molar-refractivity contribution in [3.05, 3.63) is 83.6 Å². The summed E-state index contributed by atoms with van der Waals surface area (Å²) in [5.41, 5.74) is 3.23. The highest BCUT2D eigenvalue weighted by Gasteiger charge is 2.32. The Bertz CT molecular complexity index is 1360. The van der Waals surface area contributed by atoms with Crippen molar-refractivity contribution >= 4 is 33.3 Å². The van der Waals surface area contributed by atoms with Crippen LogP contribution in [0.25, 0.3) is 0 Å². The lowest BCUT2D eigenvalue weighted by Crippen LogP contribution is -2.45. The molecule has 0 radical (unpaired) electrons. The smallest absolute Gasteiger partial charge is 0.244 e. The molecule has 2 atom stereocenters. The van der Waals surface area contributed by atoms with Gasteiger partial charge >= 0.3 is 0 Å². The molecular formula is C26H28N4O4S. The standard InChI is InChI=1S/C26H28N4O4S/c1-17-11-12-27-25(13-17)28-26(32)23(15-20-7-5-4-6-8-20)29-35(33,34)22-9-10-24-21(16-22)14-18(2)30(24)19(3)31/h4-13,16,18,23,29H,14-15H2,1-3H3,(H,27,28,32). The Kier molecular flexibility index (Phi) is 7.00. The van der Waals surface area contributed by atoms with Gasteiger partial charge in [-0.25, -0.2) is 13.4 Å². The number of benzene rings is 2. The number of nitrogens with zero attached hydrogens (tertiary/aromatic N) is 2. The first-order valence-corrected chi connectivity index (χ1v) is 12.8. The van der Waals surface area contributed by atoms with Gasteiger partial charge in [-0.1, -0.05) is 30.3 Å². The Morgan fingerprint density at radius 1 is 1.11 bits per heavy atom. The van der Waals surface area contributed by atoms with E-state index in [1.165, 1.54) is 13.0 Å². The van der Waals surface area contributed by atoms with Crippen LogP contribution in [-0.4, -0.2) is 37.3 Å². The summed E-state index contributed by atoms with van der Waals surface area (Å²) in [6.45, 7) is 5.30. The summed E-state index contributed by atoms with van der Waals surface area (Å²) in [6.07, 6.45) is 2.31. The van der Waals surface area contributed by atoms with Crippen LogP contribution in [0.4, 0.5) is 11.5 Å². The molecule has 0 saturated carbocycles. The molecule has 2 N–H and O–H groups in total. The molecule has 2 unspecified atom stereocenters. The van der Waals surface area contributed by atoms with Gasteiger partial charge in [0.05, 0.1) is 4.90 Å². The number of rotatable bonds is 7. The Balaban J connectivity index is 1.61. The van der Waals surface area contributed by atoms with Crippen molar-refractivity contribution in [1.82, 2.24) is 9.71 Å². The van der Waals surface area contributed by atoms with Crippen LogP contribution in [0.3, 0.4) is 0 Å². The van der Waals surface area contributed by atoms with E-state index >= 15 is 0 Å². The minimum atomic E-state index is -4.04. The van der Waals surface area contributed by atoms with Crippen LogP contribution < -0.4 is 14.9 Å². The van der Waals surface area contributed by atoms with Gasteiger partial charge in [0, 0.05) is 24.8 Å². The predicted molar refractivity (Wildman–Crippen MR) is 135 cm³/mol. The second-order valence-corrected chi connectivity index (χ2v) is 10.5. The predicted octanol–water partition coefficient (Wildman–Crippen LogP) is 3.22. The molecule has 0 bridgehead atoms. The van der Waals surface area contributed by atoms with Gasteiger partial charge in [-0.15, -0.1) is 0 Å². The van der Waals surface area contributed by atoms with Gasteiger partial charge in [0.1, 0.15) is 11.9 Å². The van der Waals surface area contributed by atoms with Gasteiger partial charge in [-0.05, 0) is 73.7 Å². The van der Waals surface area contributed by atoms with Crippen LogP contribution >= 0.6 is 0 Å². The lowest BCUT2D eigenvalue weighted by molar-refractivity contribution is -0.118. The van der Waals surface area contributed by atoms with E-state index in [-0.39, 0.29) is 23.3 Å². The number of amides is 2. The number of hydrogen-bond donors (Lipinski definition) is 2. The second kappa shape index (κ2) is 9.97. The topological polar surface area (TPSA) is 108 Å². The van der Waals surface area contributed by atoms with Crippen molar-refractivity contribution in [1.29, 1.82) is 0 Å². The van der Waals surface area contributed by atoms with Crippen LogP contribution in [0.5, 0.6) is 0 Å². The van der Waals surface area contributed by atoms with Gasteiger partial charge in [0.25, 0.3) is 0 Å². The molecule has 9 heteroatoms. The van der Waals surface area contributed by atoms with Crippen molar-refractivity contribution in [2.45, 2.75) is 50.6 Å². The molecule has 2 amide bonds. The maximum atomic E-state index is 13.4. The first kappa shape index (κ1) is 24.6. The zero-order valence-electron chi connectivity index (χ0n) is 19.9. The number of hydrogen-bond acceptors (Lipinski definition) is 5. The van der Waals surface area contributed by atoms with Crippen molar-refractivity contribution in [2.24, 2.45) is 0 Å². The fourth-order valence-corrected chi connectivity index (χ4v) is 5.61. The zero-order valence-corrected chi connectivity index (χ0v) is 20.7. The number of carbonyl (C=O) groups is 2. The van der Waals surface area contributed by atoms with Gasteiger partial charge in [-0.2, -0.15) is 4.72 Å². The lowest BCUT2D eigenvalue weighted by atomic mass is 10.1. The molecule has 8 nitrogen and oxygen atoms in total. The lowest BCUT2D eigenvalue weighted by Gasteiger charge is -2.21. The zero-order chi connectivity index (χ0) is 25.2. The highest BCUT2D eigenvalue weighted by molar-refractivity contribution is 7.89. The monoisotopic (exact) mass is 492 g/mol. The summed E-state index contributed by atoms with van der Waals surface area (Å²) in [7, 11) is -4.04. The maximum absolute atomic E-state index is 13.4. The van der Waals surface area contributed by atoms with Gasteiger partial charge in [-0.3, -0.25) is 9.59 Å². The van der Waals surface area contributed by atoms with E-state index in [4.69, 9.17) is 0 Å². The number of aromatic nitrogens is 1. The summed E-state index contributed by atoms with van der Waals surface area (Å²) >= 11 is 0. The summed E-state index contributed by atoms with van der Waals surface area (Å²) < 4.78 is 29.3. The first-order chi connectivity index (χ1) is 16.6. The van der Waals surface area contributed by atoms with Gasteiger partial charge in [0.15, 0.2) is 0 Å². The van der Waals surface area contributed by atoms with Gasteiger partial charge < -0.3 is 10.2 Å². The molecule has 2 heterocycles. The van der Waals surface area contributed by atoms with Crippen molar-refractivity contribution in [3.63, 3.8) is 0 Å². The van der Waals surface area contributed by atoms with Gasteiger partial charge in [0.2, 0.25) is 21.8 Å². The summed E-state index contributed by atoms with van der Waals surface area (Å²) in [5, 5.41) is 2.72. The molecular weight excluding hydrogens is 464 g/mol. The third kappa shape index (κ3) is 5.58. The number of pyridine rings is 1. The molecule has 1 aliphatic heterocycles.